The summed E-state index contributed by atoms with van der Waals surface area (Å²) in [6, 6.07) is 7.11. The van der Waals surface area contributed by atoms with E-state index in [0.717, 1.165) is 0 Å². The predicted molar refractivity (Wildman–Crippen MR) is 120 cm³/mol. The van der Waals surface area contributed by atoms with Crippen LogP contribution < -0.4 is 14.8 Å². The molecule has 1 aromatic heterocycles. The molecule has 0 bridgehead atoms. The summed E-state index contributed by atoms with van der Waals surface area (Å²) in [6.07, 6.45) is 1.09. The minimum absolute atomic E-state index is 0.0705. The van der Waals surface area contributed by atoms with Crippen LogP contribution in [0.1, 0.15) is 21.5 Å². The van der Waals surface area contributed by atoms with E-state index < -0.39 is 39.7 Å². The third kappa shape index (κ3) is 5.28. The van der Waals surface area contributed by atoms with Gasteiger partial charge in [0.1, 0.15) is 17.9 Å². The van der Waals surface area contributed by atoms with Crippen molar-refractivity contribution in [3.63, 3.8) is 0 Å². The van der Waals surface area contributed by atoms with E-state index in [2.05, 4.69) is 20.0 Å². The number of hydrogen-bond acceptors (Lipinski definition) is 8. The second kappa shape index (κ2) is 10.00. The number of methoxy groups -OCH3 is 1. The maximum atomic E-state index is 9.69. The number of aromatic hydroxyl groups is 1. The average molecular weight is 456 g/mol. The number of hydrogen-bond donors (Lipinski definition) is 2. The number of phenols is 1. The Morgan fingerprint density at radius 3 is 2.94 bits per heavy atom. The van der Waals surface area contributed by atoms with Crippen LogP contribution in [0, 0.1) is 0 Å². The molecule has 0 saturated carbocycles. The van der Waals surface area contributed by atoms with Gasteiger partial charge in [-0.05, 0) is 30.7 Å². The number of halogens is 1. The molecule has 0 unspecified atom stereocenters. The second-order valence-electron chi connectivity index (χ2n) is 6.32. The van der Waals surface area contributed by atoms with Crippen molar-refractivity contribution in [2.24, 2.45) is 0 Å². The summed E-state index contributed by atoms with van der Waals surface area (Å²) in [5.41, 5.74) is 0.750. The van der Waals surface area contributed by atoms with Gasteiger partial charge in [-0.25, -0.2) is 9.97 Å². The maximum absolute atomic E-state index is 9.69. The molecule has 31 heavy (non-hydrogen) atoms. The van der Waals surface area contributed by atoms with E-state index in [1.54, 1.807) is 6.07 Å². The van der Waals surface area contributed by atoms with Crippen molar-refractivity contribution in [2.75, 3.05) is 51.6 Å². The van der Waals surface area contributed by atoms with Gasteiger partial charge in [0.05, 0.1) is 46.9 Å². The van der Waals surface area contributed by atoms with Crippen molar-refractivity contribution < 1.29 is 34.4 Å². The van der Waals surface area contributed by atoms with Crippen molar-refractivity contribution in [3.8, 4) is 17.2 Å². The van der Waals surface area contributed by atoms with Crippen LogP contribution in [0.5, 0.6) is 17.2 Å². The first-order chi connectivity index (χ1) is 19.2. The Morgan fingerprint density at radius 1 is 1.26 bits per heavy atom. The largest absolute Gasteiger partial charge is 0.506 e. The standard InChI is InChI=1S/C22H25ClN4O4/c1-29-20-13-18-16(12-21(20)31-8-2-5-27-6-9-30-10-7-27)22(25-14-24-18)26-15-3-4-19(28)17(23)11-15/h3-4,11-14,28H,2,5-10H2,1H3,(H,24,25,26)/i1D3,6D2,7D2,9D2,10D2. The number of nitrogens with one attached hydrogen (secondary N) is 1. The fraction of sp³-hybridized carbons (Fsp3) is 0.364. The van der Waals surface area contributed by atoms with Crippen LogP contribution in [0.25, 0.3) is 10.9 Å². The molecule has 0 radical (unpaired) electrons. The molecule has 164 valence electrons. The van der Waals surface area contributed by atoms with Crippen LogP contribution in [-0.4, -0.2) is 66.3 Å². The molecule has 2 aromatic carbocycles. The molecule has 2 N–H and O–H groups in total. The average Bonchev–Trinajstić information content (AvgIpc) is 2.84. The zero-order valence-corrected chi connectivity index (χ0v) is 16.7. The lowest BCUT2D eigenvalue weighted by Gasteiger charge is -2.26. The molecule has 8 nitrogen and oxygen atoms in total. The number of ether oxygens (including phenoxy) is 3. The van der Waals surface area contributed by atoms with Crippen molar-refractivity contribution >= 4 is 34.0 Å². The maximum Gasteiger partial charge on any atom is 0.162 e. The third-order valence-electron chi connectivity index (χ3n) is 4.27. The van der Waals surface area contributed by atoms with Gasteiger partial charge in [-0.1, -0.05) is 11.6 Å². The van der Waals surface area contributed by atoms with Gasteiger partial charge >= 0.3 is 0 Å². The molecule has 0 aliphatic carbocycles. The molecule has 1 saturated heterocycles. The highest BCUT2D eigenvalue weighted by molar-refractivity contribution is 6.32. The Kier molecular flexibility index (Phi) is 3.78. The van der Waals surface area contributed by atoms with E-state index in [1.165, 1.54) is 30.6 Å². The molecule has 3 aromatic rings. The second-order valence-corrected chi connectivity index (χ2v) is 6.72. The van der Waals surface area contributed by atoms with Crippen LogP contribution >= 0.6 is 11.6 Å². The van der Waals surface area contributed by atoms with E-state index in [-0.39, 0.29) is 46.6 Å². The molecule has 1 aliphatic heterocycles. The smallest absolute Gasteiger partial charge is 0.162 e. The third-order valence-corrected chi connectivity index (χ3v) is 4.57. The summed E-state index contributed by atoms with van der Waals surface area (Å²) < 4.78 is 102. The van der Waals surface area contributed by atoms with Crippen molar-refractivity contribution in [2.45, 2.75) is 6.42 Å². The fourth-order valence-corrected chi connectivity index (χ4v) is 2.98. The van der Waals surface area contributed by atoms with E-state index in [0.29, 0.717) is 16.0 Å². The monoisotopic (exact) mass is 455 g/mol. The Bertz CT molecular complexity index is 1450. The Labute approximate surface area is 201 Å². The number of phenolic OH excluding ortho intramolecular Hbond substituents is 1. The molecule has 1 fully saturated rings. The Hall–Kier alpha value is -2.81. The molecule has 0 spiro atoms. The number of rotatable bonds is 8. The molecule has 0 amide bonds. The lowest BCUT2D eigenvalue weighted by molar-refractivity contribution is 0.0357. The van der Waals surface area contributed by atoms with Crippen LogP contribution in [0.4, 0.5) is 11.5 Å². The molecule has 2 heterocycles. The normalized spacial score (nSPS) is 26.7. The van der Waals surface area contributed by atoms with E-state index >= 15 is 0 Å². The fourth-order valence-electron chi connectivity index (χ4n) is 2.80. The summed E-state index contributed by atoms with van der Waals surface area (Å²) in [7, 11) is -2.86. The predicted octanol–water partition coefficient (Wildman–Crippen LogP) is 3.84. The van der Waals surface area contributed by atoms with Crippen LogP contribution in [0.2, 0.25) is 5.02 Å². The van der Waals surface area contributed by atoms with Crippen LogP contribution in [0.15, 0.2) is 36.7 Å². The van der Waals surface area contributed by atoms with Crippen molar-refractivity contribution in [1.29, 1.82) is 0 Å². The minimum atomic E-state index is -3.17. The van der Waals surface area contributed by atoms with Crippen LogP contribution in [0.3, 0.4) is 0 Å². The van der Waals surface area contributed by atoms with Gasteiger partial charge in [0.15, 0.2) is 11.5 Å². The topological polar surface area (TPSA) is 89.0 Å². The highest BCUT2D eigenvalue weighted by Crippen LogP contribution is 2.35. The van der Waals surface area contributed by atoms with Gasteiger partial charge in [0.25, 0.3) is 0 Å². The van der Waals surface area contributed by atoms with Gasteiger partial charge in [0, 0.05) is 42.2 Å². The summed E-state index contributed by atoms with van der Waals surface area (Å²) in [4.78, 5) is 8.76. The lowest BCUT2D eigenvalue weighted by atomic mass is 10.2. The van der Waals surface area contributed by atoms with Crippen molar-refractivity contribution in [3.05, 3.63) is 41.7 Å². The highest BCUT2D eigenvalue weighted by Gasteiger charge is 2.13. The van der Waals surface area contributed by atoms with Crippen LogP contribution in [-0.2, 0) is 4.74 Å². The highest BCUT2D eigenvalue weighted by atomic mass is 35.5. The summed E-state index contributed by atoms with van der Waals surface area (Å²) in [6.45, 7) is -13.2. The first kappa shape index (κ1) is 11.7. The van der Waals surface area contributed by atoms with Gasteiger partial charge in [0.2, 0.25) is 0 Å². The summed E-state index contributed by atoms with van der Waals surface area (Å²) in [5, 5.41) is 13.2. The zero-order chi connectivity index (χ0) is 31.3. The number of morpholine rings is 1. The summed E-state index contributed by atoms with van der Waals surface area (Å²) in [5.74, 6) is -0.128. The molecule has 1 aliphatic rings. The molecule has 4 rings (SSSR count). The first-order valence-corrected chi connectivity index (χ1v) is 9.47. The lowest BCUT2D eigenvalue weighted by Crippen LogP contribution is -2.37. The van der Waals surface area contributed by atoms with Gasteiger partial charge in [-0.15, -0.1) is 0 Å². The first-order valence-electron chi connectivity index (χ1n) is 14.6. The Morgan fingerprint density at radius 2 is 2.13 bits per heavy atom. The van der Waals surface area contributed by atoms with E-state index in [4.69, 9.17) is 36.2 Å². The van der Waals surface area contributed by atoms with Gasteiger partial charge < -0.3 is 24.6 Å². The van der Waals surface area contributed by atoms with Gasteiger partial charge in [-0.2, -0.15) is 0 Å². The molecular weight excluding hydrogens is 420 g/mol. The minimum Gasteiger partial charge on any atom is -0.506 e. The number of aromatic nitrogens is 2. The number of nitrogens with zero attached hydrogens (tertiary/aromatic N) is 3. The number of anilines is 2. The molecular formula is C22H25ClN4O4. The number of benzene rings is 2. The van der Waals surface area contributed by atoms with E-state index in [1.807, 2.05) is 0 Å². The molecule has 0 atom stereocenters. The van der Waals surface area contributed by atoms with Crippen molar-refractivity contribution in [1.82, 2.24) is 14.9 Å². The van der Waals surface area contributed by atoms with Gasteiger partial charge in [-0.3, -0.25) is 4.90 Å². The summed E-state index contributed by atoms with van der Waals surface area (Å²) >= 11 is 5.99. The number of fused-ring (bicyclic) bond motifs is 1. The zero-order valence-electron chi connectivity index (χ0n) is 27.0. The Balaban J connectivity index is 1.60. The molecule has 9 heteroatoms. The SMILES string of the molecule is [2H]C([2H])([2H])Oc1cc2ncnc(Nc3ccc(O)c(Cl)c3)c2cc1OCCCN1C([2H])([2H])C([2H])([2H])OC([2H])([2H])C1([2H])[2H]. The van der Waals surface area contributed by atoms with E-state index in [9.17, 15) is 5.11 Å². The quantitative estimate of drug-likeness (QED) is 0.391.